The average molecular weight is 287 g/mol. The van der Waals surface area contributed by atoms with Crippen molar-refractivity contribution in [2.75, 3.05) is 6.61 Å². The van der Waals surface area contributed by atoms with Crippen molar-refractivity contribution in [2.45, 2.75) is 19.9 Å². The first-order chi connectivity index (χ1) is 10.1. The molecule has 0 saturated carbocycles. The molecule has 5 nitrogen and oxygen atoms in total. The quantitative estimate of drug-likeness (QED) is 0.829. The molecule has 0 amide bonds. The van der Waals surface area contributed by atoms with E-state index in [4.69, 9.17) is 4.74 Å². The van der Waals surface area contributed by atoms with E-state index in [9.17, 15) is 14.7 Å². The SMILES string of the molecule is CCOC(=O)CCn1cc(-c2ccccc2)cc1C(=O)O. The number of hydrogen-bond donors (Lipinski definition) is 1. The molecule has 21 heavy (non-hydrogen) atoms. The topological polar surface area (TPSA) is 68.5 Å². The van der Waals surface area contributed by atoms with Crippen LogP contribution in [0.5, 0.6) is 0 Å². The van der Waals surface area contributed by atoms with Crippen LogP contribution >= 0.6 is 0 Å². The van der Waals surface area contributed by atoms with Crippen molar-refractivity contribution < 1.29 is 19.4 Å². The lowest BCUT2D eigenvalue weighted by molar-refractivity contribution is -0.143. The fourth-order valence-corrected chi connectivity index (χ4v) is 2.11. The smallest absolute Gasteiger partial charge is 0.352 e. The predicted octanol–water partition coefficient (Wildman–Crippen LogP) is 2.81. The molecule has 5 heteroatoms. The third-order valence-electron chi connectivity index (χ3n) is 3.08. The van der Waals surface area contributed by atoms with Crippen molar-refractivity contribution in [3.05, 3.63) is 48.3 Å². The van der Waals surface area contributed by atoms with Gasteiger partial charge in [-0.1, -0.05) is 30.3 Å². The maximum atomic E-state index is 11.4. The summed E-state index contributed by atoms with van der Waals surface area (Å²) >= 11 is 0. The number of carbonyl (C=O) groups is 2. The second-order valence-corrected chi connectivity index (χ2v) is 4.53. The van der Waals surface area contributed by atoms with Gasteiger partial charge in [0.05, 0.1) is 13.0 Å². The Labute approximate surface area is 122 Å². The molecule has 0 aliphatic carbocycles. The third kappa shape index (κ3) is 3.72. The van der Waals surface area contributed by atoms with E-state index in [1.165, 1.54) is 0 Å². The highest BCUT2D eigenvalue weighted by Crippen LogP contribution is 2.22. The molecule has 0 aliphatic heterocycles. The van der Waals surface area contributed by atoms with E-state index in [0.29, 0.717) is 6.61 Å². The summed E-state index contributed by atoms with van der Waals surface area (Å²) in [6.07, 6.45) is 1.90. The first-order valence-corrected chi connectivity index (χ1v) is 6.76. The van der Waals surface area contributed by atoms with Gasteiger partial charge in [-0.2, -0.15) is 0 Å². The molecule has 0 unspecified atom stereocenters. The maximum Gasteiger partial charge on any atom is 0.352 e. The van der Waals surface area contributed by atoms with Crippen LogP contribution in [0.15, 0.2) is 42.6 Å². The van der Waals surface area contributed by atoms with Crippen molar-refractivity contribution >= 4 is 11.9 Å². The van der Waals surface area contributed by atoms with E-state index in [-0.39, 0.29) is 24.6 Å². The summed E-state index contributed by atoms with van der Waals surface area (Å²) in [6.45, 7) is 2.35. The summed E-state index contributed by atoms with van der Waals surface area (Å²) in [7, 11) is 0. The summed E-state index contributed by atoms with van der Waals surface area (Å²) in [5.41, 5.74) is 1.92. The number of hydrogen-bond acceptors (Lipinski definition) is 3. The van der Waals surface area contributed by atoms with Gasteiger partial charge in [-0.05, 0) is 18.6 Å². The highest BCUT2D eigenvalue weighted by molar-refractivity contribution is 5.88. The largest absolute Gasteiger partial charge is 0.477 e. The predicted molar refractivity (Wildman–Crippen MR) is 78.1 cm³/mol. The monoisotopic (exact) mass is 287 g/mol. The highest BCUT2D eigenvalue weighted by Gasteiger charge is 2.14. The van der Waals surface area contributed by atoms with Gasteiger partial charge in [0, 0.05) is 18.3 Å². The molecule has 0 aliphatic rings. The molecular formula is C16H17NO4. The number of aryl methyl sites for hydroxylation is 1. The maximum absolute atomic E-state index is 11.4. The second-order valence-electron chi connectivity index (χ2n) is 4.53. The molecule has 110 valence electrons. The number of carbonyl (C=O) groups excluding carboxylic acids is 1. The molecule has 1 N–H and O–H groups in total. The Morgan fingerprint density at radius 3 is 2.52 bits per heavy atom. The zero-order valence-electron chi connectivity index (χ0n) is 11.8. The van der Waals surface area contributed by atoms with Gasteiger partial charge in [0.2, 0.25) is 0 Å². The summed E-state index contributed by atoms with van der Waals surface area (Å²) in [5, 5.41) is 9.26. The van der Waals surface area contributed by atoms with Gasteiger partial charge in [-0.25, -0.2) is 4.79 Å². The van der Waals surface area contributed by atoms with E-state index < -0.39 is 5.97 Å². The number of carboxylic acids is 1. The van der Waals surface area contributed by atoms with E-state index in [0.717, 1.165) is 11.1 Å². The van der Waals surface area contributed by atoms with Gasteiger partial charge in [0.1, 0.15) is 5.69 Å². The summed E-state index contributed by atoms with van der Waals surface area (Å²) in [4.78, 5) is 22.7. The minimum Gasteiger partial charge on any atom is -0.477 e. The van der Waals surface area contributed by atoms with Gasteiger partial charge >= 0.3 is 11.9 Å². The van der Waals surface area contributed by atoms with Crippen molar-refractivity contribution in [2.24, 2.45) is 0 Å². The first-order valence-electron chi connectivity index (χ1n) is 6.76. The molecule has 0 fully saturated rings. The lowest BCUT2D eigenvalue weighted by Crippen LogP contribution is -2.12. The van der Waals surface area contributed by atoms with E-state index in [2.05, 4.69) is 0 Å². The molecule has 0 saturated heterocycles. The first kappa shape index (κ1) is 14.8. The Kier molecular flexibility index (Phi) is 4.77. The van der Waals surface area contributed by atoms with E-state index >= 15 is 0 Å². The van der Waals surface area contributed by atoms with Gasteiger partial charge < -0.3 is 14.4 Å². The number of esters is 1. The summed E-state index contributed by atoms with van der Waals surface area (Å²) in [6, 6.07) is 11.1. The molecular weight excluding hydrogens is 270 g/mol. The second kappa shape index (κ2) is 6.74. The van der Waals surface area contributed by atoms with Crippen molar-refractivity contribution in [3.8, 4) is 11.1 Å². The van der Waals surface area contributed by atoms with Crippen LogP contribution in [0, 0.1) is 0 Å². The Bertz CT molecular complexity index is 631. The normalized spacial score (nSPS) is 10.3. The van der Waals surface area contributed by atoms with Crippen LogP contribution < -0.4 is 0 Å². The Morgan fingerprint density at radius 2 is 1.90 bits per heavy atom. The standard InChI is InChI=1S/C16H17NO4/c1-2-21-15(18)8-9-17-11-13(10-14(17)16(19)20)12-6-4-3-5-7-12/h3-7,10-11H,2,8-9H2,1H3,(H,19,20). The van der Waals surface area contributed by atoms with Crippen LogP contribution in [0.1, 0.15) is 23.8 Å². The minimum absolute atomic E-state index is 0.150. The fraction of sp³-hybridized carbons (Fsp3) is 0.250. The van der Waals surface area contributed by atoms with Crippen molar-refractivity contribution in [1.29, 1.82) is 0 Å². The molecule has 1 heterocycles. The zero-order chi connectivity index (χ0) is 15.2. The number of aromatic carboxylic acids is 1. The highest BCUT2D eigenvalue weighted by atomic mass is 16.5. The third-order valence-corrected chi connectivity index (χ3v) is 3.08. The lowest BCUT2D eigenvalue weighted by atomic mass is 10.1. The molecule has 0 bridgehead atoms. The lowest BCUT2D eigenvalue weighted by Gasteiger charge is -2.05. The van der Waals surface area contributed by atoms with Crippen LogP contribution in [0.2, 0.25) is 0 Å². The van der Waals surface area contributed by atoms with Crippen LogP contribution in [0.25, 0.3) is 11.1 Å². The van der Waals surface area contributed by atoms with Gasteiger partial charge in [0.25, 0.3) is 0 Å². The Morgan fingerprint density at radius 1 is 1.19 bits per heavy atom. The van der Waals surface area contributed by atoms with Gasteiger partial charge in [-0.15, -0.1) is 0 Å². The number of rotatable bonds is 6. The van der Waals surface area contributed by atoms with E-state index in [1.807, 2.05) is 30.3 Å². The van der Waals surface area contributed by atoms with E-state index in [1.54, 1.807) is 23.8 Å². The molecule has 1 aromatic carbocycles. The fourth-order valence-electron chi connectivity index (χ4n) is 2.11. The molecule has 0 radical (unpaired) electrons. The number of ether oxygens (including phenoxy) is 1. The van der Waals surface area contributed by atoms with Gasteiger partial charge in [0.15, 0.2) is 0 Å². The van der Waals surface area contributed by atoms with Crippen molar-refractivity contribution in [3.63, 3.8) is 0 Å². The molecule has 0 atom stereocenters. The molecule has 0 spiro atoms. The Balaban J connectivity index is 2.22. The number of benzene rings is 1. The zero-order valence-corrected chi connectivity index (χ0v) is 11.8. The average Bonchev–Trinajstić information content (AvgIpc) is 2.91. The molecule has 2 rings (SSSR count). The molecule has 1 aromatic heterocycles. The van der Waals surface area contributed by atoms with Crippen LogP contribution in [0.4, 0.5) is 0 Å². The summed E-state index contributed by atoms with van der Waals surface area (Å²) in [5.74, 6) is -1.34. The minimum atomic E-state index is -1.01. The Hall–Kier alpha value is -2.56. The summed E-state index contributed by atoms with van der Waals surface area (Å²) < 4.78 is 6.43. The number of carboxylic acid groups (broad SMARTS) is 1. The van der Waals surface area contributed by atoms with Crippen LogP contribution in [-0.4, -0.2) is 28.2 Å². The van der Waals surface area contributed by atoms with Crippen molar-refractivity contribution in [1.82, 2.24) is 4.57 Å². The van der Waals surface area contributed by atoms with Crippen LogP contribution in [0.3, 0.4) is 0 Å². The van der Waals surface area contributed by atoms with Crippen LogP contribution in [-0.2, 0) is 16.1 Å². The molecule has 2 aromatic rings. The number of nitrogens with zero attached hydrogens (tertiary/aromatic N) is 1. The number of aromatic nitrogens is 1. The van der Waals surface area contributed by atoms with Gasteiger partial charge in [-0.3, -0.25) is 4.79 Å².